The quantitative estimate of drug-likeness (QED) is 0.607. The van der Waals surface area contributed by atoms with Crippen molar-refractivity contribution in [1.29, 1.82) is 5.26 Å². The molecule has 0 aliphatic rings. The third-order valence-electron chi connectivity index (χ3n) is 5.03. The highest BCUT2D eigenvalue weighted by molar-refractivity contribution is 6.35. The molecule has 160 valence electrons. The molecule has 0 spiro atoms. The Kier molecular flexibility index (Phi) is 6.05. The average molecular weight is 439 g/mol. The monoisotopic (exact) mass is 438 g/mol. The first-order valence-electron chi connectivity index (χ1n) is 9.84. The second-order valence-corrected chi connectivity index (χ2v) is 8.56. The van der Waals surface area contributed by atoms with E-state index in [9.17, 15) is 20.0 Å². The van der Waals surface area contributed by atoms with Crippen molar-refractivity contribution in [2.24, 2.45) is 0 Å². The van der Waals surface area contributed by atoms with E-state index < -0.39 is 23.2 Å². The maximum atomic E-state index is 13.6. The van der Waals surface area contributed by atoms with Crippen molar-refractivity contribution < 1.29 is 9.90 Å². The standard InChI is InChI=1S/C23H23ClN4O3/c1-5-18(28(22(30)31)23(2,3)4)20-26-17-11-7-10-16(24)19(17)21(29)27(20)15-9-6-8-14(12-15)13-25/h6-12,18H,5H2,1-4H3,(H,30,31). The fourth-order valence-corrected chi connectivity index (χ4v) is 4.01. The molecular weight excluding hydrogens is 416 g/mol. The van der Waals surface area contributed by atoms with Gasteiger partial charge in [0.15, 0.2) is 0 Å². The van der Waals surface area contributed by atoms with Crippen LogP contribution in [-0.2, 0) is 0 Å². The van der Waals surface area contributed by atoms with Crippen molar-refractivity contribution in [3.05, 3.63) is 69.2 Å². The molecule has 2 aromatic carbocycles. The number of aromatic nitrogens is 2. The number of hydrogen-bond donors (Lipinski definition) is 1. The largest absolute Gasteiger partial charge is 0.465 e. The van der Waals surface area contributed by atoms with E-state index in [0.717, 1.165) is 0 Å². The molecule has 0 aliphatic carbocycles. The first-order chi connectivity index (χ1) is 14.6. The SMILES string of the molecule is CCC(c1nc2cccc(Cl)c2c(=O)n1-c1cccc(C#N)c1)N(C(=O)O)C(C)(C)C. The van der Waals surface area contributed by atoms with Gasteiger partial charge in [-0.3, -0.25) is 14.3 Å². The number of rotatable bonds is 4. The third kappa shape index (κ3) is 4.12. The summed E-state index contributed by atoms with van der Waals surface area (Å²) in [5.41, 5.74) is 0.0169. The fourth-order valence-electron chi connectivity index (χ4n) is 3.76. The number of nitrogens with zero attached hydrogens (tertiary/aromatic N) is 4. The molecule has 1 N–H and O–H groups in total. The Hall–Kier alpha value is -3.37. The molecule has 1 unspecified atom stereocenters. The average Bonchev–Trinajstić information content (AvgIpc) is 2.70. The minimum absolute atomic E-state index is 0.239. The van der Waals surface area contributed by atoms with E-state index in [-0.39, 0.29) is 16.2 Å². The minimum Gasteiger partial charge on any atom is -0.465 e. The highest BCUT2D eigenvalue weighted by Gasteiger charge is 2.36. The zero-order chi connectivity index (χ0) is 22.9. The van der Waals surface area contributed by atoms with E-state index in [1.165, 1.54) is 9.47 Å². The van der Waals surface area contributed by atoms with Crippen LogP contribution in [0.2, 0.25) is 5.02 Å². The van der Waals surface area contributed by atoms with Crippen LogP contribution in [0, 0.1) is 11.3 Å². The van der Waals surface area contributed by atoms with Gasteiger partial charge in [0.1, 0.15) is 5.82 Å². The molecule has 1 aromatic heterocycles. The summed E-state index contributed by atoms with van der Waals surface area (Å²) in [7, 11) is 0. The van der Waals surface area contributed by atoms with Crippen molar-refractivity contribution >= 4 is 28.6 Å². The smallest absolute Gasteiger partial charge is 0.408 e. The molecule has 7 nitrogen and oxygen atoms in total. The van der Waals surface area contributed by atoms with Gasteiger partial charge < -0.3 is 5.11 Å². The van der Waals surface area contributed by atoms with Crippen molar-refractivity contribution in [1.82, 2.24) is 14.5 Å². The lowest BCUT2D eigenvalue weighted by Crippen LogP contribution is -2.48. The molecule has 0 fully saturated rings. The number of hydrogen-bond acceptors (Lipinski definition) is 4. The summed E-state index contributed by atoms with van der Waals surface area (Å²) < 4.78 is 1.37. The Morgan fingerprint density at radius 1 is 1.29 bits per heavy atom. The van der Waals surface area contributed by atoms with Gasteiger partial charge in [0.25, 0.3) is 5.56 Å². The first-order valence-corrected chi connectivity index (χ1v) is 10.2. The lowest BCUT2D eigenvalue weighted by molar-refractivity contribution is 0.0646. The second kappa shape index (κ2) is 8.40. The zero-order valence-corrected chi connectivity index (χ0v) is 18.5. The van der Waals surface area contributed by atoms with Crippen LogP contribution in [0.3, 0.4) is 0 Å². The van der Waals surface area contributed by atoms with Gasteiger partial charge in [-0.1, -0.05) is 30.7 Å². The van der Waals surface area contributed by atoms with Gasteiger partial charge in [0.2, 0.25) is 0 Å². The Balaban J connectivity index is 2.46. The van der Waals surface area contributed by atoms with Crippen LogP contribution < -0.4 is 5.56 Å². The van der Waals surface area contributed by atoms with Gasteiger partial charge in [-0.25, -0.2) is 9.78 Å². The maximum Gasteiger partial charge on any atom is 0.408 e. The molecular formula is C23H23ClN4O3. The van der Waals surface area contributed by atoms with Gasteiger partial charge in [-0.2, -0.15) is 5.26 Å². The molecule has 1 atom stereocenters. The summed E-state index contributed by atoms with van der Waals surface area (Å²) in [4.78, 5) is 31.8. The van der Waals surface area contributed by atoms with Crippen LogP contribution in [0.15, 0.2) is 47.3 Å². The number of benzene rings is 2. The molecule has 0 saturated heterocycles. The Morgan fingerprint density at radius 3 is 2.55 bits per heavy atom. The molecule has 3 rings (SSSR count). The van der Waals surface area contributed by atoms with Crippen LogP contribution in [0.1, 0.15) is 51.5 Å². The topological polar surface area (TPSA) is 99.2 Å². The van der Waals surface area contributed by atoms with E-state index in [4.69, 9.17) is 16.6 Å². The molecule has 1 heterocycles. The molecule has 1 amide bonds. The fraction of sp³-hybridized carbons (Fsp3) is 0.304. The maximum absolute atomic E-state index is 13.6. The predicted octanol–water partition coefficient (Wildman–Crippen LogP) is 5.14. The van der Waals surface area contributed by atoms with Crippen LogP contribution in [0.25, 0.3) is 16.6 Å². The molecule has 0 bridgehead atoms. The summed E-state index contributed by atoms with van der Waals surface area (Å²) in [6.45, 7) is 7.22. The minimum atomic E-state index is -1.11. The first kappa shape index (κ1) is 22.3. The van der Waals surface area contributed by atoms with Gasteiger partial charge in [0, 0.05) is 5.54 Å². The molecule has 0 aliphatic heterocycles. The number of carbonyl (C=O) groups is 1. The van der Waals surface area contributed by atoms with Crippen LogP contribution in [0.5, 0.6) is 0 Å². The highest BCUT2D eigenvalue weighted by atomic mass is 35.5. The van der Waals surface area contributed by atoms with Crippen molar-refractivity contribution in [2.45, 2.75) is 45.7 Å². The van der Waals surface area contributed by atoms with Crippen molar-refractivity contribution in [2.75, 3.05) is 0 Å². The molecule has 8 heteroatoms. The van der Waals surface area contributed by atoms with Crippen molar-refractivity contribution in [3.63, 3.8) is 0 Å². The van der Waals surface area contributed by atoms with Gasteiger partial charge in [0.05, 0.1) is 39.3 Å². The number of fused-ring (bicyclic) bond motifs is 1. The van der Waals surface area contributed by atoms with Gasteiger partial charge >= 0.3 is 6.09 Å². The highest BCUT2D eigenvalue weighted by Crippen LogP contribution is 2.32. The zero-order valence-electron chi connectivity index (χ0n) is 17.8. The van der Waals surface area contributed by atoms with Crippen LogP contribution in [-0.4, -0.2) is 31.2 Å². The van der Waals surface area contributed by atoms with E-state index in [2.05, 4.69) is 6.07 Å². The lowest BCUT2D eigenvalue weighted by Gasteiger charge is -2.39. The lowest BCUT2D eigenvalue weighted by atomic mass is 10.0. The van der Waals surface area contributed by atoms with Crippen LogP contribution in [0.4, 0.5) is 4.79 Å². The number of carboxylic acid groups (broad SMARTS) is 1. The van der Waals surface area contributed by atoms with Crippen LogP contribution >= 0.6 is 11.6 Å². The number of amides is 1. The normalized spacial score (nSPS) is 12.4. The third-order valence-corrected chi connectivity index (χ3v) is 5.35. The Morgan fingerprint density at radius 2 is 1.97 bits per heavy atom. The summed E-state index contributed by atoms with van der Waals surface area (Å²) in [5.74, 6) is 0.273. The Bertz CT molecular complexity index is 1250. The van der Waals surface area contributed by atoms with E-state index in [0.29, 0.717) is 23.2 Å². The van der Waals surface area contributed by atoms with Gasteiger partial charge in [-0.05, 0) is 57.5 Å². The summed E-state index contributed by atoms with van der Waals surface area (Å²) in [6, 6.07) is 12.9. The summed E-state index contributed by atoms with van der Waals surface area (Å²) >= 11 is 6.32. The molecule has 3 aromatic rings. The van der Waals surface area contributed by atoms with Crippen molar-refractivity contribution in [3.8, 4) is 11.8 Å². The number of halogens is 1. The number of nitriles is 1. The van der Waals surface area contributed by atoms with E-state index in [1.807, 2.05) is 6.92 Å². The van der Waals surface area contributed by atoms with E-state index >= 15 is 0 Å². The predicted molar refractivity (Wildman–Crippen MR) is 120 cm³/mol. The second-order valence-electron chi connectivity index (χ2n) is 8.15. The van der Waals surface area contributed by atoms with E-state index in [1.54, 1.807) is 63.2 Å². The molecule has 0 saturated carbocycles. The van der Waals surface area contributed by atoms with Gasteiger partial charge in [-0.15, -0.1) is 0 Å². The Labute approximate surface area is 185 Å². The molecule has 31 heavy (non-hydrogen) atoms. The summed E-state index contributed by atoms with van der Waals surface area (Å²) in [6.07, 6.45) is -0.725. The molecule has 0 radical (unpaired) electrons. The summed E-state index contributed by atoms with van der Waals surface area (Å²) in [5, 5.41) is 19.8.